The molecule has 0 aliphatic carbocycles. The first kappa shape index (κ1) is 20.7. The third kappa shape index (κ3) is 4.17. The SMILES string of the molecule is Cc1c(C(=O)Nc2ccc(-n3cccn3)cc2C(F)(F)F)cnn1-c1cccc(Cl)c1. The van der Waals surface area contributed by atoms with Crippen molar-refractivity contribution >= 4 is 23.2 Å². The van der Waals surface area contributed by atoms with Crippen LogP contribution < -0.4 is 5.32 Å². The quantitative estimate of drug-likeness (QED) is 0.464. The lowest BCUT2D eigenvalue weighted by Crippen LogP contribution is -2.18. The molecule has 2 heterocycles. The predicted molar refractivity (Wildman–Crippen MR) is 110 cm³/mol. The van der Waals surface area contributed by atoms with E-state index in [1.807, 2.05) is 0 Å². The van der Waals surface area contributed by atoms with Crippen LogP contribution in [0.3, 0.4) is 0 Å². The Balaban J connectivity index is 1.66. The second-order valence-corrected chi connectivity index (χ2v) is 7.10. The van der Waals surface area contributed by atoms with Crippen LogP contribution >= 0.6 is 11.6 Å². The lowest BCUT2D eigenvalue weighted by atomic mass is 10.1. The highest BCUT2D eigenvalue weighted by molar-refractivity contribution is 6.30. The van der Waals surface area contributed by atoms with E-state index in [9.17, 15) is 18.0 Å². The van der Waals surface area contributed by atoms with Gasteiger partial charge in [-0.15, -0.1) is 0 Å². The van der Waals surface area contributed by atoms with Crippen LogP contribution in [0.25, 0.3) is 11.4 Å². The molecule has 0 aliphatic rings. The van der Waals surface area contributed by atoms with Gasteiger partial charge in [0.1, 0.15) is 0 Å². The minimum Gasteiger partial charge on any atom is -0.321 e. The Kier molecular flexibility index (Phi) is 5.28. The number of carbonyl (C=O) groups excluding carboxylic acids is 1. The monoisotopic (exact) mass is 445 g/mol. The lowest BCUT2D eigenvalue weighted by Gasteiger charge is -2.15. The van der Waals surface area contributed by atoms with E-state index in [0.29, 0.717) is 16.4 Å². The van der Waals surface area contributed by atoms with Gasteiger partial charge in [0.25, 0.3) is 5.91 Å². The molecule has 10 heteroatoms. The molecule has 1 N–H and O–H groups in total. The molecule has 1 amide bonds. The number of rotatable bonds is 4. The van der Waals surface area contributed by atoms with E-state index in [-0.39, 0.29) is 16.9 Å². The van der Waals surface area contributed by atoms with Crippen LogP contribution in [0, 0.1) is 6.92 Å². The molecule has 0 spiro atoms. The molecular formula is C21H15ClF3N5O. The maximum Gasteiger partial charge on any atom is 0.418 e. The van der Waals surface area contributed by atoms with Gasteiger partial charge in [-0.3, -0.25) is 4.79 Å². The average Bonchev–Trinajstić information content (AvgIpc) is 3.37. The second kappa shape index (κ2) is 7.92. The summed E-state index contributed by atoms with van der Waals surface area (Å²) in [7, 11) is 0. The van der Waals surface area contributed by atoms with Crippen molar-refractivity contribution in [3.05, 3.63) is 89.0 Å². The molecule has 158 valence electrons. The zero-order chi connectivity index (χ0) is 22.2. The molecule has 0 unspecified atom stereocenters. The Morgan fingerprint density at radius 3 is 2.55 bits per heavy atom. The van der Waals surface area contributed by atoms with E-state index in [2.05, 4.69) is 15.5 Å². The third-order valence-corrected chi connectivity index (χ3v) is 4.87. The van der Waals surface area contributed by atoms with E-state index < -0.39 is 17.6 Å². The maximum atomic E-state index is 13.7. The van der Waals surface area contributed by atoms with Gasteiger partial charge >= 0.3 is 6.18 Å². The van der Waals surface area contributed by atoms with E-state index in [4.69, 9.17) is 11.6 Å². The smallest absolute Gasteiger partial charge is 0.321 e. The number of nitrogens with zero attached hydrogens (tertiary/aromatic N) is 4. The fourth-order valence-corrected chi connectivity index (χ4v) is 3.31. The van der Waals surface area contributed by atoms with Gasteiger partial charge in [-0.25, -0.2) is 9.36 Å². The number of nitrogens with one attached hydrogen (secondary N) is 1. The van der Waals surface area contributed by atoms with Crippen molar-refractivity contribution in [1.82, 2.24) is 19.6 Å². The van der Waals surface area contributed by atoms with E-state index >= 15 is 0 Å². The summed E-state index contributed by atoms with van der Waals surface area (Å²) < 4.78 is 43.8. The molecule has 0 saturated heterocycles. The number of halogens is 4. The van der Waals surface area contributed by atoms with Crippen molar-refractivity contribution < 1.29 is 18.0 Å². The number of benzene rings is 2. The Hall–Kier alpha value is -3.59. The summed E-state index contributed by atoms with van der Waals surface area (Å²) in [6, 6.07) is 12.0. The van der Waals surface area contributed by atoms with Gasteiger partial charge in [0.2, 0.25) is 0 Å². The zero-order valence-electron chi connectivity index (χ0n) is 16.1. The molecule has 31 heavy (non-hydrogen) atoms. The predicted octanol–water partition coefficient (Wildman–Crippen LogP) is 5.29. The highest BCUT2D eigenvalue weighted by Gasteiger charge is 2.34. The van der Waals surface area contributed by atoms with Crippen molar-refractivity contribution in [3.63, 3.8) is 0 Å². The fraction of sp³-hybridized carbons (Fsp3) is 0.0952. The van der Waals surface area contributed by atoms with Gasteiger partial charge in [0.15, 0.2) is 0 Å². The van der Waals surface area contributed by atoms with Crippen molar-refractivity contribution in [2.45, 2.75) is 13.1 Å². The molecule has 0 atom stereocenters. The van der Waals surface area contributed by atoms with Crippen LogP contribution in [0.5, 0.6) is 0 Å². The number of carbonyl (C=O) groups is 1. The van der Waals surface area contributed by atoms with Crippen LogP contribution in [0.1, 0.15) is 21.6 Å². The van der Waals surface area contributed by atoms with Crippen LogP contribution in [-0.4, -0.2) is 25.5 Å². The molecule has 4 aromatic rings. The van der Waals surface area contributed by atoms with Crippen LogP contribution in [0.15, 0.2) is 67.1 Å². The average molecular weight is 446 g/mol. The van der Waals surface area contributed by atoms with Crippen molar-refractivity contribution in [3.8, 4) is 11.4 Å². The summed E-state index contributed by atoms with van der Waals surface area (Å²) in [5.74, 6) is -0.705. The van der Waals surface area contributed by atoms with Gasteiger partial charge in [0, 0.05) is 17.4 Å². The Labute approximate surface area is 179 Å². The largest absolute Gasteiger partial charge is 0.418 e. The van der Waals surface area contributed by atoms with Gasteiger partial charge in [0.05, 0.1) is 40.1 Å². The molecule has 0 bridgehead atoms. The number of alkyl halides is 3. The fourth-order valence-electron chi connectivity index (χ4n) is 3.13. The first-order valence-electron chi connectivity index (χ1n) is 9.07. The van der Waals surface area contributed by atoms with Crippen molar-refractivity contribution in [2.75, 3.05) is 5.32 Å². The summed E-state index contributed by atoms with van der Waals surface area (Å²) >= 11 is 6.00. The summed E-state index contributed by atoms with van der Waals surface area (Å²) in [5, 5.41) is 11.0. The number of aromatic nitrogens is 4. The standard InChI is InChI=1S/C21H15ClF3N5O/c1-13-17(12-27-30(13)16-5-2-4-14(22)10-16)20(31)28-19-7-6-15(29-9-3-8-26-29)11-18(19)21(23,24)25/h2-12H,1H3,(H,28,31). The zero-order valence-corrected chi connectivity index (χ0v) is 16.8. The van der Waals surface area contributed by atoms with Crippen LogP contribution in [-0.2, 0) is 6.18 Å². The second-order valence-electron chi connectivity index (χ2n) is 6.67. The number of amides is 1. The lowest BCUT2D eigenvalue weighted by molar-refractivity contribution is -0.136. The first-order chi connectivity index (χ1) is 14.7. The van der Waals surface area contributed by atoms with Crippen molar-refractivity contribution in [2.24, 2.45) is 0 Å². The summed E-state index contributed by atoms with van der Waals surface area (Å²) in [5.41, 5.74) is 0.117. The van der Waals surface area contributed by atoms with E-state index in [1.165, 1.54) is 40.1 Å². The van der Waals surface area contributed by atoms with E-state index in [1.54, 1.807) is 37.3 Å². The van der Waals surface area contributed by atoms with Gasteiger partial charge < -0.3 is 5.32 Å². The highest BCUT2D eigenvalue weighted by atomic mass is 35.5. The normalized spacial score (nSPS) is 11.5. The minimum atomic E-state index is -4.67. The first-order valence-corrected chi connectivity index (χ1v) is 9.45. The topological polar surface area (TPSA) is 64.7 Å². The number of hydrogen-bond donors (Lipinski definition) is 1. The molecule has 0 radical (unpaired) electrons. The van der Waals surface area contributed by atoms with Gasteiger partial charge in [-0.1, -0.05) is 17.7 Å². The number of hydrogen-bond acceptors (Lipinski definition) is 3. The molecule has 0 fully saturated rings. The van der Waals surface area contributed by atoms with Gasteiger partial charge in [-0.2, -0.15) is 23.4 Å². The van der Waals surface area contributed by atoms with E-state index in [0.717, 1.165) is 6.07 Å². The Morgan fingerprint density at radius 1 is 1.06 bits per heavy atom. The molecule has 4 rings (SSSR count). The molecule has 0 saturated carbocycles. The van der Waals surface area contributed by atoms with Crippen LogP contribution in [0.4, 0.5) is 18.9 Å². The minimum absolute atomic E-state index is 0.143. The number of anilines is 1. The summed E-state index contributed by atoms with van der Waals surface area (Å²) in [6.45, 7) is 1.65. The van der Waals surface area contributed by atoms with Crippen LogP contribution in [0.2, 0.25) is 5.02 Å². The molecule has 2 aromatic carbocycles. The summed E-state index contributed by atoms with van der Waals surface area (Å²) in [6.07, 6.45) is -0.382. The molecule has 2 aromatic heterocycles. The van der Waals surface area contributed by atoms with Crippen molar-refractivity contribution in [1.29, 1.82) is 0 Å². The molecule has 0 aliphatic heterocycles. The molecular weight excluding hydrogens is 431 g/mol. The van der Waals surface area contributed by atoms with Gasteiger partial charge in [-0.05, 0) is 49.4 Å². The maximum absolute atomic E-state index is 13.7. The molecule has 6 nitrogen and oxygen atoms in total. The third-order valence-electron chi connectivity index (χ3n) is 4.63. The summed E-state index contributed by atoms with van der Waals surface area (Å²) in [4.78, 5) is 12.8. The highest BCUT2D eigenvalue weighted by Crippen LogP contribution is 2.36. The Morgan fingerprint density at radius 2 is 1.87 bits per heavy atom. The Bertz CT molecular complexity index is 1250.